The van der Waals surface area contributed by atoms with E-state index in [1.165, 1.54) is 19.3 Å². The molecule has 1 amide bonds. The Morgan fingerprint density at radius 3 is 2.50 bits per heavy atom. The highest BCUT2D eigenvalue weighted by molar-refractivity contribution is 5.77. The average molecular weight is 275 g/mol. The number of benzene rings is 1. The molecular formula is C17H25NO2. The summed E-state index contributed by atoms with van der Waals surface area (Å²) >= 11 is 0. The lowest BCUT2D eigenvalue weighted by Gasteiger charge is -2.29. The fourth-order valence-corrected chi connectivity index (χ4v) is 2.94. The Balaban J connectivity index is 1.82. The molecule has 1 fully saturated rings. The Labute approximate surface area is 121 Å². The van der Waals surface area contributed by atoms with Crippen LogP contribution in [0.25, 0.3) is 0 Å². The minimum atomic E-state index is -0.0112. The van der Waals surface area contributed by atoms with E-state index >= 15 is 0 Å². The number of carbonyl (C=O) groups is 1. The van der Waals surface area contributed by atoms with Crippen molar-refractivity contribution in [2.24, 2.45) is 5.92 Å². The van der Waals surface area contributed by atoms with Crippen molar-refractivity contribution in [3.63, 3.8) is 0 Å². The Kier molecular flexibility index (Phi) is 5.05. The molecule has 3 nitrogen and oxygen atoms in total. The van der Waals surface area contributed by atoms with Crippen molar-refractivity contribution >= 4 is 5.91 Å². The molecule has 1 aromatic rings. The van der Waals surface area contributed by atoms with Gasteiger partial charge in [0, 0.05) is 6.04 Å². The van der Waals surface area contributed by atoms with Gasteiger partial charge < -0.3 is 10.1 Å². The smallest absolute Gasteiger partial charge is 0.258 e. The van der Waals surface area contributed by atoms with Crippen LogP contribution in [0, 0.1) is 19.8 Å². The van der Waals surface area contributed by atoms with E-state index in [2.05, 4.69) is 18.3 Å². The minimum absolute atomic E-state index is 0.0112. The van der Waals surface area contributed by atoms with Gasteiger partial charge in [-0.1, -0.05) is 25.8 Å². The normalized spacial score (nSPS) is 22.4. The Morgan fingerprint density at radius 1 is 1.20 bits per heavy atom. The predicted octanol–water partition coefficient (Wildman–Crippen LogP) is 3.38. The summed E-state index contributed by atoms with van der Waals surface area (Å²) in [5, 5.41) is 3.10. The molecule has 1 aromatic carbocycles. The van der Waals surface area contributed by atoms with Crippen LogP contribution in [0.15, 0.2) is 18.2 Å². The van der Waals surface area contributed by atoms with Gasteiger partial charge in [0.25, 0.3) is 5.91 Å². The second kappa shape index (κ2) is 6.78. The first-order chi connectivity index (χ1) is 9.54. The maximum absolute atomic E-state index is 12.0. The molecule has 1 aliphatic carbocycles. The molecule has 0 spiro atoms. The molecule has 1 N–H and O–H groups in total. The fraction of sp³-hybridized carbons (Fsp3) is 0.588. The van der Waals surface area contributed by atoms with Crippen LogP contribution in [-0.4, -0.2) is 18.6 Å². The number of carbonyl (C=O) groups excluding carboxylic acids is 1. The molecule has 1 aliphatic rings. The molecule has 0 heterocycles. The molecule has 20 heavy (non-hydrogen) atoms. The average Bonchev–Trinajstić information content (AvgIpc) is 2.38. The van der Waals surface area contributed by atoms with E-state index in [1.807, 2.05) is 26.0 Å². The van der Waals surface area contributed by atoms with Gasteiger partial charge in [0.05, 0.1) is 0 Å². The maximum atomic E-state index is 12.0. The molecule has 2 unspecified atom stereocenters. The van der Waals surface area contributed by atoms with E-state index in [9.17, 15) is 4.79 Å². The number of amides is 1. The van der Waals surface area contributed by atoms with Crippen LogP contribution in [0.5, 0.6) is 5.75 Å². The SMILES string of the molecule is Cc1cc(C)cc(OCC(=O)NC2CCCCC2C)c1. The molecule has 3 heteroatoms. The number of aryl methyl sites for hydroxylation is 2. The van der Waals surface area contributed by atoms with Crippen molar-refractivity contribution in [3.05, 3.63) is 29.3 Å². The largest absolute Gasteiger partial charge is 0.484 e. The van der Waals surface area contributed by atoms with Crippen LogP contribution in [-0.2, 0) is 4.79 Å². The summed E-state index contributed by atoms with van der Waals surface area (Å²) < 4.78 is 5.59. The summed E-state index contributed by atoms with van der Waals surface area (Å²) in [7, 11) is 0. The van der Waals surface area contributed by atoms with Gasteiger partial charge in [0.15, 0.2) is 6.61 Å². The van der Waals surface area contributed by atoms with Crippen molar-refractivity contribution in [1.29, 1.82) is 0 Å². The van der Waals surface area contributed by atoms with E-state index in [0.29, 0.717) is 12.0 Å². The van der Waals surface area contributed by atoms with Crippen LogP contribution in [0.3, 0.4) is 0 Å². The summed E-state index contributed by atoms with van der Waals surface area (Å²) in [6.45, 7) is 6.38. The lowest BCUT2D eigenvalue weighted by atomic mass is 9.86. The lowest BCUT2D eigenvalue weighted by molar-refractivity contribution is -0.124. The molecule has 0 aromatic heterocycles. The third-order valence-corrected chi connectivity index (χ3v) is 4.02. The Hall–Kier alpha value is -1.51. The highest BCUT2D eigenvalue weighted by Crippen LogP contribution is 2.23. The third kappa shape index (κ3) is 4.26. The summed E-state index contributed by atoms with van der Waals surface area (Å²) in [5.74, 6) is 1.34. The van der Waals surface area contributed by atoms with Crippen LogP contribution >= 0.6 is 0 Å². The molecule has 110 valence electrons. The van der Waals surface area contributed by atoms with Crippen LogP contribution in [0.4, 0.5) is 0 Å². The number of hydrogen-bond donors (Lipinski definition) is 1. The summed E-state index contributed by atoms with van der Waals surface area (Å²) in [5.41, 5.74) is 2.31. The van der Waals surface area contributed by atoms with Gasteiger partial charge in [-0.2, -0.15) is 0 Å². The van der Waals surface area contributed by atoms with Crippen molar-refractivity contribution in [3.8, 4) is 5.75 Å². The topological polar surface area (TPSA) is 38.3 Å². The molecule has 2 rings (SSSR count). The van der Waals surface area contributed by atoms with Gasteiger partial charge in [-0.25, -0.2) is 0 Å². The van der Waals surface area contributed by atoms with Crippen LogP contribution in [0.2, 0.25) is 0 Å². The summed E-state index contributed by atoms with van der Waals surface area (Å²) in [6.07, 6.45) is 4.80. The zero-order valence-electron chi connectivity index (χ0n) is 12.7. The standard InChI is InChI=1S/C17H25NO2/c1-12-8-13(2)10-15(9-12)20-11-17(19)18-16-7-5-4-6-14(16)3/h8-10,14,16H,4-7,11H2,1-3H3,(H,18,19). The van der Waals surface area contributed by atoms with Gasteiger partial charge in [0.1, 0.15) is 5.75 Å². The first kappa shape index (κ1) is 14.9. The first-order valence-corrected chi connectivity index (χ1v) is 7.55. The van der Waals surface area contributed by atoms with Gasteiger partial charge in [-0.05, 0) is 55.9 Å². The van der Waals surface area contributed by atoms with Crippen molar-refractivity contribution in [2.75, 3.05) is 6.61 Å². The van der Waals surface area contributed by atoms with Crippen LogP contribution in [0.1, 0.15) is 43.7 Å². The lowest BCUT2D eigenvalue weighted by Crippen LogP contribution is -2.43. The van der Waals surface area contributed by atoms with Crippen LogP contribution < -0.4 is 10.1 Å². The van der Waals surface area contributed by atoms with Gasteiger partial charge in [-0.15, -0.1) is 0 Å². The molecule has 0 saturated heterocycles. The molecule has 0 aliphatic heterocycles. The number of ether oxygens (including phenoxy) is 1. The van der Waals surface area contributed by atoms with E-state index in [0.717, 1.165) is 23.3 Å². The minimum Gasteiger partial charge on any atom is -0.484 e. The zero-order valence-corrected chi connectivity index (χ0v) is 12.7. The second-order valence-electron chi connectivity index (χ2n) is 6.05. The van der Waals surface area contributed by atoms with E-state index < -0.39 is 0 Å². The van der Waals surface area contributed by atoms with E-state index in [-0.39, 0.29) is 12.5 Å². The Bertz CT molecular complexity index is 450. The quantitative estimate of drug-likeness (QED) is 0.915. The zero-order chi connectivity index (χ0) is 14.5. The second-order valence-corrected chi connectivity index (χ2v) is 6.05. The number of hydrogen-bond acceptors (Lipinski definition) is 2. The van der Waals surface area contributed by atoms with Crippen molar-refractivity contribution < 1.29 is 9.53 Å². The molecule has 1 saturated carbocycles. The summed E-state index contributed by atoms with van der Waals surface area (Å²) in [6, 6.07) is 6.34. The van der Waals surface area contributed by atoms with Crippen molar-refractivity contribution in [1.82, 2.24) is 5.32 Å². The maximum Gasteiger partial charge on any atom is 0.258 e. The fourth-order valence-electron chi connectivity index (χ4n) is 2.94. The van der Waals surface area contributed by atoms with Crippen molar-refractivity contribution in [2.45, 2.75) is 52.5 Å². The molecule has 0 radical (unpaired) electrons. The summed E-state index contributed by atoms with van der Waals surface area (Å²) in [4.78, 5) is 12.0. The number of nitrogens with one attached hydrogen (secondary N) is 1. The monoisotopic (exact) mass is 275 g/mol. The highest BCUT2D eigenvalue weighted by Gasteiger charge is 2.22. The Morgan fingerprint density at radius 2 is 1.85 bits per heavy atom. The molecule has 0 bridgehead atoms. The number of rotatable bonds is 4. The van der Waals surface area contributed by atoms with Gasteiger partial charge in [-0.3, -0.25) is 4.79 Å². The third-order valence-electron chi connectivity index (χ3n) is 4.02. The van der Waals surface area contributed by atoms with Gasteiger partial charge in [0.2, 0.25) is 0 Å². The van der Waals surface area contributed by atoms with Gasteiger partial charge >= 0.3 is 0 Å². The predicted molar refractivity (Wildman–Crippen MR) is 81.0 cm³/mol. The highest BCUT2D eigenvalue weighted by atomic mass is 16.5. The molecule has 2 atom stereocenters. The van der Waals surface area contributed by atoms with E-state index in [1.54, 1.807) is 0 Å². The van der Waals surface area contributed by atoms with E-state index in [4.69, 9.17) is 4.74 Å². The first-order valence-electron chi connectivity index (χ1n) is 7.55. The molecular weight excluding hydrogens is 250 g/mol.